The Morgan fingerprint density at radius 3 is 3.08 bits per heavy atom. The van der Waals surface area contributed by atoms with Crippen LogP contribution in [0, 0.1) is 6.92 Å². The van der Waals surface area contributed by atoms with Crippen molar-refractivity contribution in [2.75, 3.05) is 0 Å². The van der Waals surface area contributed by atoms with Crippen molar-refractivity contribution in [3.05, 3.63) is 30.0 Å². The molecule has 0 atom stereocenters. The molecule has 0 unspecified atom stereocenters. The van der Waals surface area contributed by atoms with Crippen LogP contribution in [0.2, 0.25) is 0 Å². The van der Waals surface area contributed by atoms with Crippen LogP contribution >= 0.6 is 0 Å². The second-order valence-corrected chi connectivity index (χ2v) is 2.52. The number of nitrogens with zero attached hydrogens (tertiary/aromatic N) is 3. The standard InChI is InChI=1S/C8H8N4O/c1-6-2-3-7(13-6)4-9-8-10-5-11-12-8/h2-5H,1H3,(H,10,11,12). The first-order valence-electron chi connectivity index (χ1n) is 3.80. The lowest BCUT2D eigenvalue weighted by atomic mass is 10.4. The smallest absolute Gasteiger partial charge is 0.245 e. The summed E-state index contributed by atoms with van der Waals surface area (Å²) in [5, 5.41) is 6.27. The number of aromatic nitrogens is 3. The molecule has 0 amide bonds. The monoisotopic (exact) mass is 176 g/mol. The van der Waals surface area contributed by atoms with Crippen LogP contribution in [-0.4, -0.2) is 21.4 Å². The average molecular weight is 176 g/mol. The van der Waals surface area contributed by atoms with E-state index in [1.807, 2.05) is 19.1 Å². The normalized spacial score (nSPS) is 11.2. The fraction of sp³-hybridized carbons (Fsp3) is 0.125. The van der Waals surface area contributed by atoms with E-state index < -0.39 is 0 Å². The van der Waals surface area contributed by atoms with E-state index in [1.165, 1.54) is 6.33 Å². The topological polar surface area (TPSA) is 67.1 Å². The average Bonchev–Trinajstić information content (AvgIpc) is 2.71. The van der Waals surface area contributed by atoms with Crippen molar-refractivity contribution >= 4 is 12.2 Å². The molecule has 0 aliphatic rings. The fourth-order valence-electron chi connectivity index (χ4n) is 0.909. The van der Waals surface area contributed by atoms with Crippen LogP contribution in [0.5, 0.6) is 0 Å². The molecule has 13 heavy (non-hydrogen) atoms. The molecule has 0 bridgehead atoms. The molecule has 0 radical (unpaired) electrons. The second-order valence-electron chi connectivity index (χ2n) is 2.52. The van der Waals surface area contributed by atoms with E-state index in [0.717, 1.165) is 5.76 Å². The van der Waals surface area contributed by atoms with E-state index in [2.05, 4.69) is 20.2 Å². The summed E-state index contributed by atoms with van der Waals surface area (Å²) in [6.07, 6.45) is 2.99. The molecule has 2 heterocycles. The fourth-order valence-corrected chi connectivity index (χ4v) is 0.909. The van der Waals surface area contributed by atoms with Crippen molar-refractivity contribution in [3.8, 4) is 0 Å². The molecule has 0 saturated carbocycles. The van der Waals surface area contributed by atoms with E-state index in [1.54, 1.807) is 6.21 Å². The summed E-state index contributed by atoms with van der Waals surface area (Å²) in [5.41, 5.74) is 0. The molecular formula is C8H8N4O. The van der Waals surface area contributed by atoms with Crippen molar-refractivity contribution in [1.29, 1.82) is 0 Å². The van der Waals surface area contributed by atoms with Gasteiger partial charge in [-0.15, -0.1) is 0 Å². The molecule has 0 fully saturated rings. The predicted molar refractivity (Wildman–Crippen MR) is 47.1 cm³/mol. The third-order valence-corrected chi connectivity index (χ3v) is 1.48. The Hall–Kier alpha value is -1.91. The summed E-state index contributed by atoms with van der Waals surface area (Å²) >= 11 is 0. The van der Waals surface area contributed by atoms with Crippen LogP contribution in [0.3, 0.4) is 0 Å². The van der Waals surface area contributed by atoms with Gasteiger partial charge in [0.15, 0.2) is 0 Å². The zero-order valence-electron chi connectivity index (χ0n) is 7.06. The summed E-state index contributed by atoms with van der Waals surface area (Å²) in [7, 11) is 0. The highest BCUT2D eigenvalue weighted by Gasteiger charge is 1.94. The van der Waals surface area contributed by atoms with Gasteiger partial charge in [0.05, 0.1) is 6.21 Å². The molecule has 0 aliphatic carbocycles. The first-order chi connectivity index (χ1) is 6.34. The number of nitrogens with one attached hydrogen (secondary N) is 1. The number of furan rings is 1. The second kappa shape index (κ2) is 3.22. The highest BCUT2D eigenvalue weighted by molar-refractivity contribution is 5.77. The van der Waals surface area contributed by atoms with Gasteiger partial charge in [0.2, 0.25) is 5.95 Å². The maximum atomic E-state index is 5.27. The number of H-pyrrole nitrogens is 1. The number of hydrogen-bond acceptors (Lipinski definition) is 4. The van der Waals surface area contributed by atoms with Gasteiger partial charge in [0, 0.05) is 0 Å². The quantitative estimate of drug-likeness (QED) is 0.704. The van der Waals surface area contributed by atoms with Gasteiger partial charge in [0.25, 0.3) is 0 Å². The number of rotatable bonds is 2. The molecule has 2 rings (SSSR count). The van der Waals surface area contributed by atoms with Gasteiger partial charge < -0.3 is 4.42 Å². The van der Waals surface area contributed by atoms with Crippen molar-refractivity contribution in [2.24, 2.45) is 4.99 Å². The maximum absolute atomic E-state index is 5.27. The molecule has 5 nitrogen and oxygen atoms in total. The first kappa shape index (κ1) is 7.72. The lowest BCUT2D eigenvalue weighted by molar-refractivity contribution is 0.528. The Morgan fingerprint density at radius 2 is 2.46 bits per heavy atom. The summed E-state index contributed by atoms with van der Waals surface area (Å²) in [4.78, 5) is 7.83. The van der Waals surface area contributed by atoms with Crippen molar-refractivity contribution < 1.29 is 4.42 Å². The van der Waals surface area contributed by atoms with Crippen LogP contribution in [0.1, 0.15) is 11.5 Å². The minimum atomic E-state index is 0.467. The van der Waals surface area contributed by atoms with E-state index >= 15 is 0 Å². The molecule has 0 aliphatic heterocycles. The van der Waals surface area contributed by atoms with E-state index in [0.29, 0.717) is 11.7 Å². The van der Waals surface area contributed by atoms with Crippen LogP contribution in [0.4, 0.5) is 5.95 Å². The zero-order valence-corrected chi connectivity index (χ0v) is 7.06. The van der Waals surface area contributed by atoms with E-state index in [-0.39, 0.29) is 0 Å². The Balaban J connectivity index is 2.14. The van der Waals surface area contributed by atoms with Crippen molar-refractivity contribution in [2.45, 2.75) is 6.92 Å². The van der Waals surface area contributed by atoms with Gasteiger partial charge in [-0.25, -0.2) is 10.1 Å². The molecule has 2 aromatic heterocycles. The first-order valence-corrected chi connectivity index (χ1v) is 3.80. The largest absolute Gasteiger partial charge is 0.460 e. The molecule has 66 valence electrons. The lowest BCUT2D eigenvalue weighted by Gasteiger charge is -1.83. The summed E-state index contributed by atoms with van der Waals surface area (Å²) in [6.45, 7) is 1.88. The van der Waals surface area contributed by atoms with Gasteiger partial charge in [-0.1, -0.05) is 0 Å². The highest BCUT2D eigenvalue weighted by atomic mass is 16.3. The Bertz CT molecular complexity index is 401. The maximum Gasteiger partial charge on any atom is 0.245 e. The molecular weight excluding hydrogens is 168 g/mol. The number of aryl methyl sites for hydroxylation is 1. The van der Waals surface area contributed by atoms with Crippen LogP contribution < -0.4 is 0 Å². The molecule has 0 saturated heterocycles. The number of aromatic amines is 1. The Morgan fingerprint density at radius 1 is 1.54 bits per heavy atom. The molecule has 1 N–H and O–H groups in total. The van der Waals surface area contributed by atoms with E-state index in [4.69, 9.17) is 4.42 Å². The molecule has 0 spiro atoms. The number of aliphatic imine (C=N–C) groups is 1. The third-order valence-electron chi connectivity index (χ3n) is 1.48. The third kappa shape index (κ3) is 1.81. The predicted octanol–water partition coefficient (Wildman–Crippen LogP) is 1.46. The van der Waals surface area contributed by atoms with Crippen molar-refractivity contribution in [1.82, 2.24) is 15.2 Å². The number of hydrogen-bond donors (Lipinski definition) is 1. The Kier molecular flexibility index (Phi) is 1.91. The van der Waals surface area contributed by atoms with Crippen molar-refractivity contribution in [3.63, 3.8) is 0 Å². The van der Waals surface area contributed by atoms with Crippen LogP contribution in [0.15, 0.2) is 27.9 Å². The zero-order chi connectivity index (χ0) is 9.10. The minimum absolute atomic E-state index is 0.467. The molecule has 5 heteroatoms. The Labute approximate surface area is 74.5 Å². The summed E-state index contributed by atoms with van der Waals surface area (Å²) < 4.78 is 5.27. The van der Waals surface area contributed by atoms with Gasteiger partial charge in [-0.2, -0.15) is 10.1 Å². The van der Waals surface area contributed by atoms with Gasteiger partial charge in [-0.3, -0.25) is 0 Å². The molecule has 0 aromatic carbocycles. The SMILES string of the molecule is Cc1ccc(C=Nc2ncn[nH]2)o1. The van der Waals surface area contributed by atoms with Gasteiger partial charge >= 0.3 is 0 Å². The molecule has 2 aromatic rings. The summed E-state index contributed by atoms with van der Waals surface area (Å²) in [6, 6.07) is 3.72. The highest BCUT2D eigenvalue weighted by Crippen LogP contribution is 2.05. The van der Waals surface area contributed by atoms with E-state index in [9.17, 15) is 0 Å². The minimum Gasteiger partial charge on any atom is -0.460 e. The van der Waals surface area contributed by atoms with Crippen LogP contribution in [-0.2, 0) is 0 Å². The van der Waals surface area contributed by atoms with Crippen LogP contribution in [0.25, 0.3) is 0 Å². The van der Waals surface area contributed by atoms with Gasteiger partial charge in [0.1, 0.15) is 17.8 Å². The summed E-state index contributed by atoms with van der Waals surface area (Å²) in [5.74, 6) is 2.03. The lowest BCUT2D eigenvalue weighted by Crippen LogP contribution is -1.75. The van der Waals surface area contributed by atoms with Gasteiger partial charge in [-0.05, 0) is 19.1 Å².